The summed E-state index contributed by atoms with van der Waals surface area (Å²) in [6.07, 6.45) is 3.82. The summed E-state index contributed by atoms with van der Waals surface area (Å²) in [7, 11) is 0. The van der Waals surface area contributed by atoms with Crippen LogP contribution in [0, 0.1) is 0 Å². The lowest BCUT2D eigenvalue weighted by atomic mass is 10.2. The molecule has 2 aromatic rings. The highest BCUT2D eigenvalue weighted by atomic mass is 14.6. The number of benzene rings is 1. The molecule has 49 valence electrons. The largest absolute Gasteiger partial charge is 0.366 e. The van der Waals surface area contributed by atoms with Crippen LogP contribution in [-0.4, -0.2) is 4.98 Å². The molecule has 1 heterocycles. The molecule has 0 unspecified atom stereocenters. The number of nitrogens with one attached hydrogen (secondary N) is 2. The lowest BCUT2D eigenvalue weighted by Gasteiger charge is -1.88. The van der Waals surface area contributed by atoms with Crippen molar-refractivity contribution in [1.82, 2.24) is 10.7 Å². The number of H-pyrrole nitrogens is 1. The maximum absolute atomic E-state index is 7.30. The Balaban J connectivity index is 2.86. The van der Waals surface area contributed by atoms with Crippen molar-refractivity contribution in [1.29, 1.82) is 0 Å². The molecular weight excluding hydrogens is 124 g/mol. The third-order valence-corrected chi connectivity index (χ3v) is 1.56. The van der Waals surface area contributed by atoms with Crippen molar-refractivity contribution in [2.75, 3.05) is 0 Å². The van der Waals surface area contributed by atoms with E-state index in [0.717, 1.165) is 10.8 Å². The van der Waals surface area contributed by atoms with Gasteiger partial charge in [-0.05, 0) is 17.5 Å². The minimum Gasteiger partial charge on any atom is -0.366 e. The van der Waals surface area contributed by atoms with Gasteiger partial charge in [0.25, 0.3) is 0 Å². The Morgan fingerprint density at radius 3 is 2.80 bits per heavy atom. The first-order chi connectivity index (χ1) is 4.86. The van der Waals surface area contributed by atoms with E-state index in [-0.39, 0.29) is 0 Å². The third-order valence-electron chi connectivity index (χ3n) is 1.56. The zero-order valence-electron chi connectivity index (χ0n) is 5.39. The normalized spacial score (nSPS) is 10.4. The molecule has 0 bridgehead atoms. The van der Waals surface area contributed by atoms with E-state index >= 15 is 0 Å². The first-order valence-electron chi connectivity index (χ1n) is 3.14. The summed E-state index contributed by atoms with van der Waals surface area (Å²) in [6.45, 7) is 0. The summed E-state index contributed by atoms with van der Waals surface area (Å²) in [5.41, 5.74) is 7.86. The molecule has 2 N–H and O–H groups in total. The molecule has 10 heavy (non-hydrogen) atoms. The summed E-state index contributed by atoms with van der Waals surface area (Å²) in [5, 5.41) is 2.27. The Morgan fingerprint density at radius 1 is 1.10 bits per heavy atom. The van der Waals surface area contributed by atoms with Gasteiger partial charge in [-0.2, -0.15) is 0 Å². The lowest BCUT2D eigenvalue weighted by Crippen LogP contribution is -1.66. The van der Waals surface area contributed by atoms with Gasteiger partial charge in [0.15, 0.2) is 0 Å². The predicted molar refractivity (Wildman–Crippen MR) is 41.1 cm³/mol. The van der Waals surface area contributed by atoms with Gasteiger partial charge in [0.2, 0.25) is 0 Å². The van der Waals surface area contributed by atoms with Crippen molar-refractivity contribution in [2.24, 2.45) is 0 Å². The van der Waals surface area contributed by atoms with Crippen molar-refractivity contribution in [3.8, 4) is 0 Å². The van der Waals surface area contributed by atoms with Crippen LogP contribution < -0.4 is 5.73 Å². The van der Waals surface area contributed by atoms with Gasteiger partial charge in [0, 0.05) is 17.8 Å². The molecule has 0 saturated carbocycles. The zero-order chi connectivity index (χ0) is 6.97. The van der Waals surface area contributed by atoms with Gasteiger partial charge in [-0.1, -0.05) is 6.07 Å². The molecule has 1 aromatic heterocycles. The summed E-state index contributed by atoms with van der Waals surface area (Å²) < 4.78 is 0. The highest BCUT2D eigenvalue weighted by Crippen LogP contribution is 2.16. The molecule has 0 fully saturated rings. The standard InChI is InChI=1S/C8H7N2/c9-8-2-1-6-4-10-5-7(6)3-8/h1-5,9-10H. The highest BCUT2D eigenvalue weighted by Gasteiger charge is 1.92. The van der Waals surface area contributed by atoms with E-state index in [9.17, 15) is 0 Å². The van der Waals surface area contributed by atoms with Gasteiger partial charge in [-0.15, -0.1) is 0 Å². The van der Waals surface area contributed by atoms with E-state index in [1.165, 1.54) is 0 Å². The molecule has 2 heteroatoms. The van der Waals surface area contributed by atoms with Crippen molar-refractivity contribution < 1.29 is 0 Å². The van der Waals surface area contributed by atoms with Crippen LogP contribution in [0.1, 0.15) is 0 Å². The first kappa shape index (κ1) is 5.35. The fourth-order valence-corrected chi connectivity index (χ4v) is 1.05. The highest BCUT2D eigenvalue weighted by molar-refractivity contribution is 5.84. The Hall–Kier alpha value is -1.44. The summed E-state index contributed by atoms with van der Waals surface area (Å²) >= 11 is 0. The number of rotatable bonds is 0. The van der Waals surface area contributed by atoms with Crippen molar-refractivity contribution in [3.63, 3.8) is 0 Å². The Bertz CT molecular complexity index is 349. The molecule has 0 amide bonds. The first-order valence-corrected chi connectivity index (χ1v) is 3.14. The van der Waals surface area contributed by atoms with E-state index < -0.39 is 0 Å². The maximum atomic E-state index is 7.30. The Labute approximate surface area is 58.7 Å². The van der Waals surface area contributed by atoms with Crippen LogP contribution >= 0.6 is 0 Å². The fraction of sp³-hybridized carbons (Fsp3) is 0. The van der Waals surface area contributed by atoms with E-state index in [1.54, 1.807) is 6.07 Å². The molecule has 0 atom stereocenters. The zero-order valence-corrected chi connectivity index (χ0v) is 5.39. The third kappa shape index (κ3) is 0.658. The fourth-order valence-electron chi connectivity index (χ4n) is 1.05. The van der Waals surface area contributed by atoms with Gasteiger partial charge in [-0.3, -0.25) is 0 Å². The topological polar surface area (TPSA) is 39.6 Å². The second kappa shape index (κ2) is 1.77. The van der Waals surface area contributed by atoms with Crippen molar-refractivity contribution in [3.05, 3.63) is 30.6 Å². The molecule has 1 aromatic carbocycles. The predicted octanol–water partition coefficient (Wildman–Crippen LogP) is 2.08. The summed E-state index contributed by atoms with van der Waals surface area (Å²) in [4.78, 5) is 2.98. The number of fused-ring (bicyclic) bond motifs is 1. The van der Waals surface area contributed by atoms with E-state index in [4.69, 9.17) is 5.73 Å². The number of aromatic nitrogens is 1. The summed E-state index contributed by atoms with van der Waals surface area (Å²) in [5.74, 6) is 0. The molecule has 0 aliphatic carbocycles. The van der Waals surface area contributed by atoms with Crippen LogP contribution in [0.3, 0.4) is 0 Å². The Morgan fingerprint density at radius 2 is 1.90 bits per heavy atom. The Kier molecular flexibility index (Phi) is 0.947. The van der Waals surface area contributed by atoms with E-state index in [0.29, 0.717) is 5.69 Å². The van der Waals surface area contributed by atoms with E-state index in [2.05, 4.69) is 4.98 Å². The average molecular weight is 131 g/mol. The minimum absolute atomic E-state index is 0.562. The summed E-state index contributed by atoms with van der Waals surface area (Å²) in [6, 6.07) is 5.57. The molecule has 2 nitrogen and oxygen atoms in total. The van der Waals surface area contributed by atoms with Crippen LogP contribution in [0.4, 0.5) is 5.69 Å². The molecule has 2 rings (SSSR count). The number of hydrogen-bond donors (Lipinski definition) is 1. The van der Waals surface area contributed by atoms with Gasteiger partial charge < -0.3 is 10.7 Å². The van der Waals surface area contributed by atoms with Crippen LogP contribution in [-0.2, 0) is 0 Å². The molecule has 0 spiro atoms. The second-order valence-electron chi connectivity index (χ2n) is 2.30. The van der Waals surface area contributed by atoms with E-state index in [1.807, 2.05) is 24.5 Å². The van der Waals surface area contributed by atoms with Crippen LogP contribution in [0.15, 0.2) is 30.6 Å². The number of aromatic amines is 1. The van der Waals surface area contributed by atoms with Crippen LogP contribution in [0.5, 0.6) is 0 Å². The quantitative estimate of drug-likeness (QED) is 0.568. The molecule has 0 aliphatic heterocycles. The number of hydrogen-bond acceptors (Lipinski definition) is 0. The van der Waals surface area contributed by atoms with Gasteiger partial charge >= 0.3 is 0 Å². The van der Waals surface area contributed by atoms with Gasteiger partial charge in [0.1, 0.15) is 0 Å². The maximum Gasteiger partial charge on any atom is 0.0546 e. The lowest BCUT2D eigenvalue weighted by molar-refractivity contribution is 1.43. The second-order valence-corrected chi connectivity index (χ2v) is 2.30. The smallest absolute Gasteiger partial charge is 0.0546 e. The molecule has 0 saturated heterocycles. The van der Waals surface area contributed by atoms with Gasteiger partial charge in [0.05, 0.1) is 5.69 Å². The van der Waals surface area contributed by atoms with Crippen LogP contribution in [0.2, 0.25) is 0 Å². The SMILES string of the molecule is [NH]c1ccc2c[nH]cc2c1. The molecular formula is C8H7N2. The van der Waals surface area contributed by atoms with Crippen molar-refractivity contribution >= 4 is 16.5 Å². The molecule has 0 aliphatic rings. The van der Waals surface area contributed by atoms with Crippen LogP contribution in [0.25, 0.3) is 10.8 Å². The van der Waals surface area contributed by atoms with Crippen molar-refractivity contribution in [2.45, 2.75) is 0 Å². The monoisotopic (exact) mass is 131 g/mol. The average Bonchev–Trinajstić information content (AvgIpc) is 2.33. The van der Waals surface area contributed by atoms with Gasteiger partial charge in [-0.25, -0.2) is 0 Å². The minimum atomic E-state index is 0.562. The molecule has 1 radical (unpaired) electrons.